The largest absolute Gasteiger partial charge is 0.497 e. The number of benzene rings is 3. The predicted molar refractivity (Wildman–Crippen MR) is 112 cm³/mol. The van der Waals surface area contributed by atoms with E-state index in [1.165, 1.54) is 14.2 Å². The molecule has 0 saturated carbocycles. The summed E-state index contributed by atoms with van der Waals surface area (Å²) in [7, 11) is 3.02. The van der Waals surface area contributed by atoms with Gasteiger partial charge in [0.2, 0.25) is 5.91 Å². The van der Waals surface area contributed by atoms with Gasteiger partial charge in [-0.25, -0.2) is 0 Å². The third-order valence-corrected chi connectivity index (χ3v) is 4.67. The summed E-state index contributed by atoms with van der Waals surface area (Å²) >= 11 is 0. The highest BCUT2D eigenvalue weighted by Gasteiger charge is 2.14. The zero-order valence-electron chi connectivity index (χ0n) is 16.7. The second-order valence-corrected chi connectivity index (χ2v) is 6.68. The Morgan fingerprint density at radius 2 is 1.55 bits per heavy atom. The van der Waals surface area contributed by atoms with Crippen molar-refractivity contribution in [2.24, 2.45) is 0 Å². The van der Waals surface area contributed by atoms with Gasteiger partial charge in [-0.05, 0) is 41.5 Å². The fourth-order valence-electron chi connectivity index (χ4n) is 3.05. The number of carbonyl (C=O) groups is 2. The van der Waals surface area contributed by atoms with Crippen molar-refractivity contribution in [3.63, 3.8) is 0 Å². The molecule has 2 N–H and O–H groups in total. The molecule has 0 bridgehead atoms. The van der Waals surface area contributed by atoms with Crippen LogP contribution in [0, 0.1) is 0 Å². The number of rotatable bonds is 7. The summed E-state index contributed by atoms with van der Waals surface area (Å²) in [6, 6.07) is 18.8. The first-order chi connectivity index (χ1) is 14.0. The van der Waals surface area contributed by atoms with Gasteiger partial charge in [-0.1, -0.05) is 36.4 Å². The fourth-order valence-corrected chi connectivity index (χ4v) is 3.05. The van der Waals surface area contributed by atoms with E-state index in [0.717, 1.165) is 16.3 Å². The molecule has 150 valence electrons. The van der Waals surface area contributed by atoms with Crippen molar-refractivity contribution in [3.8, 4) is 11.5 Å². The minimum absolute atomic E-state index is 0.129. The lowest BCUT2D eigenvalue weighted by atomic mass is 10.0. The summed E-state index contributed by atoms with van der Waals surface area (Å²) in [6.07, 6.45) is 0. The van der Waals surface area contributed by atoms with E-state index >= 15 is 0 Å². The number of methoxy groups -OCH3 is 2. The molecule has 3 aromatic rings. The number of carbonyl (C=O) groups excluding carboxylic acids is 2. The van der Waals surface area contributed by atoms with E-state index in [2.05, 4.69) is 16.7 Å². The quantitative estimate of drug-likeness (QED) is 0.646. The normalized spacial score (nSPS) is 11.6. The topological polar surface area (TPSA) is 76.7 Å². The second kappa shape index (κ2) is 9.10. The highest BCUT2D eigenvalue weighted by molar-refractivity contribution is 5.97. The molecule has 1 atom stereocenters. The van der Waals surface area contributed by atoms with Crippen LogP contribution in [0.1, 0.15) is 28.9 Å². The molecular formula is C23H24N2O4. The van der Waals surface area contributed by atoms with Gasteiger partial charge in [0.15, 0.2) is 0 Å². The fraction of sp³-hybridized carbons (Fsp3) is 0.217. The minimum Gasteiger partial charge on any atom is -0.497 e. The van der Waals surface area contributed by atoms with Crippen LogP contribution in [-0.2, 0) is 4.79 Å². The van der Waals surface area contributed by atoms with Crippen LogP contribution in [0.4, 0.5) is 0 Å². The number of fused-ring (bicyclic) bond motifs is 1. The highest BCUT2D eigenvalue weighted by atomic mass is 16.5. The minimum atomic E-state index is -0.379. The van der Waals surface area contributed by atoms with Gasteiger partial charge in [-0.15, -0.1) is 0 Å². The van der Waals surface area contributed by atoms with Crippen LogP contribution in [0.3, 0.4) is 0 Å². The van der Waals surface area contributed by atoms with Gasteiger partial charge in [0, 0.05) is 11.6 Å². The van der Waals surface area contributed by atoms with E-state index < -0.39 is 0 Å². The Kier molecular flexibility index (Phi) is 6.34. The predicted octanol–water partition coefficient (Wildman–Crippen LogP) is 3.46. The average Bonchev–Trinajstić information content (AvgIpc) is 2.76. The zero-order chi connectivity index (χ0) is 20.8. The number of ether oxygens (including phenoxy) is 2. The van der Waals surface area contributed by atoms with Crippen LogP contribution in [0.25, 0.3) is 10.8 Å². The number of hydrogen-bond acceptors (Lipinski definition) is 4. The van der Waals surface area contributed by atoms with Gasteiger partial charge in [-0.2, -0.15) is 0 Å². The van der Waals surface area contributed by atoms with Crippen LogP contribution in [0.2, 0.25) is 0 Å². The zero-order valence-corrected chi connectivity index (χ0v) is 16.7. The van der Waals surface area contributed by atoms with Crippen LogP contribution in [0.15, 0.2) is 60.7 Å². The highest BCUT2D eigenvalue weighted by Crippen LogP contribution is 2.22. The molecule has 3 aromatic carbocycles. The van der Waals surface area contributed by atoms with Gasteiger partial charge in [0.25, 0.3) is 5.91 Å². The molecule has 0 aliphatic rings. The van der Waals surface area contributed by atoms with Crippen molar-refractivity contribution in [2.75, 3.05) is 20.8 Å². The average molecular weight is 392 g/mol. The first kappa shape index (κ1) is 20.2. The molecule has 1 unspecified atom stereocenters. The third-order valence-electron chi connectivity index (χ3n) is 4.67. The summed E-state index contributed by atoms with van der Waals surface area (Å²) in [5.74, 6) is 0.359. The molecule has 0 spiro atoms. The van der Waals surface area contributed by atoms with E-state index in [-0.39, 0.29) is 24.4 Å². The monoisotopic (exact) mass is 392 g/mol. The molecule has 0 fully saturated rings. The third kappa shape index (κ3) is 5.04. The lowest BCUT2D eigenvalue weighted by Crippen LogP contribution is -2.38. The van der Waals surface area contributed by atoms with Crippen molar-refractivity contribution in [1.82, 2.24) is 10.6 Å². The van der Waals surface area contributed by atoms with Crippen molar-refractivity contribution >= 4 is 22.6 Å². The van der Waals surface area contributed by atoms with E-state index in [4.69, 9.17) is 9.47 Å². The van der Waals surface area contributed by atoms with Crippen LogP contribution >= 0.6 is 0 Å². The maximum Gasteiger partial charge on any atom is 0.251 e. The number of nitrogens with one attached hydrogen (secondary N) is 2. The van der Waals surface area contributed by atoms with Gasteiger partial charge in [-0.3, -0.25) is 9.59 Å². The smallest absolute Gasteiger partial charge is 0.251 e. The van der Waals surface area contributed by atoms with Crippen molar-refractivity contribution in [2.45, 2.75) is 13.0 Å². The molecule has 6 nitrogen and oxygen atoms in total. The Morgan fingerprint density at radius 3 is 2.21 bits per heavy atom. The molecule has 0 heterocycles. The molecule has 0 radical (unpaired) electrons. The Labute approximate surface area is 169 Å². The van der Waals surface area contributed by atoms with Crippen LogP contribution < -0.4 is 20.1 Å². The maximum atomic E-state index is 12.4. The SMILES string of the molecule is COc1cc(OC)cc(C(=O)NCC(=O)NC(C)c2ccc3ccccc3c2)c1. The van der Waals surface area contributed by atoms with Crippen molar-refractivity contribution in [1.29, 1.82) is 0 Å². The van der Waals surface area contributed by atoms with E-state index in [9.17, 15) is 9.59 Å². The Hall–Kier alpha value is -3.54. The molecule has 0 saturated heterocycles. The Morgan fingerprint density at radius 1 is 0.897 bits per heavy atom. The molecule has 0 aliphatic carbocycles. The number of hydrogen-bond donors (Lipinski definition) is 2. The maximum absolute atomic E-state index is 12.4. The molecule has 3 rings (SSSR count). The molecule has 6 heteroatoms. The van der Waals surface area contributed by atoms with Crippen molar-refractivity contribution in [3.05, 3.63) is 71.8 Å². The van der Waals surface area contributed by atoms with Crippen molar-refractivity contribution < 1.29 is 19.1 Å². The van der Waals surface area contributed by atoms with Crippen LogP contribution in [-0.4, -0.2) is 32.6 Å². The van der Waals surface area contributed by atoms with Crippen LogP contribution in [0.5, 0.6) is 11.5 Å². The van der Waals surface area contributed by atoms with Gasteiger partial charge >= 0.3 is 0 Å². The summed E-state index contributed by atoms with van der Waals surface area (Å²) in [5.41, 5.74) is 1.36. The van der Waals surface area contributed by atoms with Gasteiger partial charge in [0.1, 0.15) is 11.5 Å². The summed E-state index contributed by atoms with van der Waals surface area (Å²) in [4.78, 5) is 24.7. The molecule has 29 heavy (non-hydrogen) atoms. The van der Waals surface area contributed by atoms with E-state index in [1.54, 1.807) is 18.2 Å². The molecule has 2 amide bonds. The van der Waals surface area contributed by atoms with E-state index in [0.29, 0.717) is 17.1 Å². The molecule has 0 aliphatic heterocycles. The second-order valence-electron chi connectivity index (χ2n) is 6.68. The van der Waals surface area contributed by atoms with E-state index in [1.807, 2.05) is 43.3 Å². The Balaban J connectivity index is 1.59. The molecule has 0 aromatic heterocycles. The lowest BCUT2D eigenvalue weighted by molar-refractivity contribution is -0.120. The van der Waals surface area contributed by atoms with Gasteiger partial charge < -0.3 is 20.1 Å². The lowest BCUT2D eigenvalue weighted by Gasteiger charge is -2.15. The van der Waals surface area contributed by atoms with Gasteiger partial charge in [0.05, 0.1) is 26.8 Å². The summed E-state index contributed by atoms with van der Waals surface area (Å²) < 4.78 is 10.3. The Bertz CT molecular complexity index is 1010. The summed E-state index contributed by atoms with van der Waals surface area (Å²) in [5, 5.41) is 7.80. The first-order valence-electron chi connectivity index (χ1n) is 9.29. The summed E-state index contributed by atoms with van der Waals surface area (Å²) in [6.45, 7) is 1.78. The first-order valence-corrected chi connectivity index (χ1v) is 9.29. The number of amides is 2. The standard InChI is InChI=1S/C23H24N2O4/c1-15(17-9-8-16-6-4-5-7-18(16)10-17)25-22(26)14-24-23(27)19-11-20(28-2)13-21(12-19)29-3/h4-13,15H,14H2,1-3H3,(H,24,27)(H,25,26). The molecular weight excluding hydrogens is 368 g/mol.